The van der Waals surface area contributed by atoms with Crippen LogP contribution in [-0.2, 0) is 9.59 Å². The number of hydrogen-bond acceptors (Lipinski definition) is 4. The van der Waals surface area contributed by atoms with E-state index in [4.69, 9.17) is 16.3 Å². The third kappa shape index (κ3) is 7.61. The first kappa shape index (κ1) is 24.2. The number of rotatable bonds is 10. The molecule has 0 heterocycles. The van der Waals surface area contributed by atoms with Gasteiger partial charge in [-0.1, -0.05) is 36.7 Å². The van der Waals surface area contributed by atoms with E-state index < -0.39 is 0 Å². The Bertz CT molecular complexity index is 900. The zero-order chi connectivity index (χ0) is 22.8. The molecule has 2 aromatic rings. The van der Waals surface area contributed by atoms with Gasteiger partial charge in [-0.25, -0.2) is 0 Å². The average molecular weight is 446 g/mol. The van der Waals surface area contributed by atoms with Crippen LogP contribution in [0.4, 0.5) is 0 Å². The molecule has 2 rings (SSSR count). The van der Waals surface area contributed by atoms with Crippen molar-refractivity contribution in [3.05, 3.63) is 64.7 Å². The van der Waals surface area contributed by atoms with Crippen molar-refractivity contribution in [1.82, 2.24) is 15.5 Å². The van der Waals surface area contributed by atoms with Gasteiger partial charge in [0.25, 0.3) is 11.8 Å². The highest BCUT2D eigenvalue weighted by Crippen LogP contribution is 2.27. The van der Waals surface area contributed by atoms with Gasteiger partial charge in [0.1, 0.15) is 5.75 Å². The second kappa shape index (κ2) is 12.0. The van der Waals surface area contributed by atoms with Gasteiger partial charge >= 0.3 is 0 Å². The lowest BCUT2D eigenvalue weighted by atomic mass is 10.0. The van der Waals surface area contributed by atoms with Crippen LogP contribution in [-0.4, -0.2) is 49.9 Å². The fraction of sp³-hybridized carbons (Fsp3) is 0.348. The number of likely N-dealkylation sites (N-methyl/N-ethyl adjacent to an activating group) is 1. The van der Waals surface area contributed by atoms with Gasteiger partial charge in [0.2, 0.25) is 5.91 Å². The Hall–Kier alpha value is -3.06. The molecule has 0 radical (unpaired) electrons. The van der Waals surface area contributed by atoms with Crippen molar-refractivity contribution in [2.24, 2.45) is 0 Å². The van der Waals surface area contributed by atoms with Gasteiger partial charge in [-0.2, -0.15) is 0 Å². The summed E-state index contributed by atoms with van der Waals surface area (Å²) in [5, 5.41) is 6.25. The van der Waals surface area contributed by atoms with Gasteiger partial charge in [-0.15, -0.1) is 0 Å². The molecule has 1 atom stereocenters. The number of benzene rings is 2. The Balaban J connectivity index is 1.90. The summed E-state index contributed by atoms with van der Waals surface area (Å²) < 4.78 is 5.69. The first-order chi connectivity index (χ1) is 14.8. The smallest absolute Gasteiger partial charge is 0.259 e. The van der Waals surface area contributed by atoms with Gasteiger partial charge in [-0.05, 0) is 36.8 Å². The predicted octanol–water partition coefficient (Wildman–Crippen LogP) is 3.19. The van der Waals surface area contributed by atoms with Crippen LogP contribution in [0.1, 0.15) is 41.7 Å². The highest BCUT2D eigenvalue weighted by atomic mass is 35.5. The molecular formula is C23H28ClN3O4. The van der Waals surface area contributed by atoms with Crippen molar-refractivity contribution in [3.63, 3.8) is 0 Å². The van der Waals surface area contributed by atoms with Crippen molar-refractivity contribution in [3.8, 4) is 5.75 Å². The minimum Gasteiger partial charge on any atom is -0.483 e. The van der Waals surface area contributed by atoms with Crippen molar-refractivity contribution >= 4 is 29.3 Å². The Morgan fingerprint density at radius 1 is 1.06 bits per heavy atom. The Kier molecular flexibility index (Phi) is 9.34. The summed E-state index contributed by atoms with van der Waals surface area (Å²) in [5.41, 5.74) is 1.28. The zero-order valence-electron chi connectivity index (χ0n) is 18.0. The number of carbonyl (C=O) groups excluding carboxylic acids is 3. The molecule has 7 nitrogen and oxygen atoms in total. The van der Waals surface area contributed by atoms with Gasteiger partial charge in [0.15, 0.2) is 6.61 Å². The van der Waals surface area contributed by atoms with E-state index in [2.05, 4.69) is 10.6 Å². The van der Waals surface area contributed by atoms with E-state index in [1.807, 2.05) is 25.1 Å². The maximum atomic E-state index is 12.4. The summed E-state index contributed by atoms with van der Waals surface area (Å²) >= 11 is 5.82. The van der Waals surface area contributed by atoms with Crippen molar-refractivity contribution in [2.45, 2.75) is 25.8 Å². The van der Waals surface area contributed by atoms with Crippen molar-refractivity contribution < 1.29 is 19.1 Å². The minimum absolute atomic E-state index is 0.0783. The average Bonchev–Trinajstić information content (AvgIpc) is 2.76. The lowest BCUT2D eigenvalue weighted by Crippen LogP contribution is -2.33. The highest BCUT2D eigenvalue weighted by Gasteiger charge is 2.18. The number of halogens is 1. The van der Waals surface area contributed by atoms with Crippen LogP contribution in [0.3, 0.4) is 0 Å². The molecule has 0 aliphatic heterocycles. The number of nitrogens with one attached hydrogen (secondary N) is 2. The van der Waals surface area contributed by atoms with Crippen LogP contribution in [0, 0.1) is 0 Å². The van der Waals surface area contributed by atoms with Crippen LogP contribution in [0.2, 0.25) is 5.02 Å². The molecule has 8 heteroatoms. The fourth-order valence-corrected chi connectivity index (χ4v) is 2.95. The van der Waals surface area contributed by atoms with Crippen LogP contribution in [0.25, 0.3) is 0 Å². The largest absolute Gasteiger partial charge is 0.483 e. The zero-order valence-corrected chi connectivity index (χ0v) is 18.7. The minimum atomic E-state index is -0.273. The lowest BCUT2D eigenvalue weighted by Gasteiger charge is -2.21. The molecule has 0 saturated heterocycles. The lowest BCUT2D eigenvalue weighted by molar-refractivity contribution is -0.130. The molecule has 1 unspecified atom stereocenters. The molecule has 166 valence electrons. The van der Waals surface area contributed by atoms with Gasteiger partial charge in [0, 0.05) is 43.2 Å². The molecule has 31 heavy (non-hydrogen) atoms. The van der Waals surface area contributed by atoms with Crippen LogP contribution in [0.15, 0.2) is 48.5 Å². The van der Waals surface area contributed by atoms with Crippen LogP contribution < -0.4 is 15.4 Å². The summed E-state index contributed by atoms with van der Waals surface area (Å²) in [6.45, 7) is 2.08. The Labute approximate surface area is 187 Å². The monoisotopic (exact) mass is 445 g/mol. The Morgan fingerprint density at radius 2 is 1.74 bits per heavy atom. The van der Waals surface area contributed by atoms with Gasteiger partial charge in [0.05, 0.1) is 6.04 Å². The molecule has 0 spiro atoms. The molecule has 2 N–H and O–H groups in total. The van der Waals surface area contributed by atoms with Gasteiger partial charge < -0.3 is 20.3 Å². The number of para-hydroxylation sites is 1. The summed E-state index contributed by atoms with van der Waals surface area (Å²) in [6.07, 6.45) is 0.781. The van der Waals surface area contributed by atoms with E-state index >= 15 is 0 Å². The van der Waals surface area contributed by atoms with E-state index in [-0.39, 0.29) is 43.3 Å². The molecule has 0 aliphatic rings. The van der Waals surface area contributed by atoms with E-state index in [1.165, 1.54) is 4.90 Å². The maximum Gasteiger partial charge on any atom is 0.259 e. The third-order valence-corrected chi connectivity index (χ3v) is 4.88. The molecule has 0 aliphatic carbocycles. The fourth-order valence-electron chi connectivity index (χ4n) is 2.83. The molecule has 3 amide bonds. The second-order valence-electron chi connectivity index (χ2n) is 7.16. The van der Waals surface area contributed by atoms with Crippen molar-refractivity contribution in [1.29, 1.82) is 0 Å². The number of amides is 3. The maximum absolute atomic E-state index is 12.4. The molecule has 0 saturated carbocycles. The standard InChI is InChI=1S/C23H28ClN3O4/c1-4-19(18-7-5-6-8-20(18)31-15-22(29)27(2)3)26-21(28)13-14-25-23(30)16-9-11-17(24)12-10-16/h5-12,19H,4,13-15H2,1-3H3,(H,25,30)(H,26,28). The summed E-state index contributed by atoms with van der Waals surface area (Å²) in [6, 6.07) is 13.6. The summed E-state index contributed by atoms with van der Waals surface area (Å²) in [4.78, 5) is 37.8. The normalized spacial score (nSPS) is 11.4. The molecule has 2 aromatic carbocycles. The van der Waals surface area contributed by atoms with E-state index in [0.717, 1.165) is 5.56 Å². The quantitative estimate of drug-likeness (QED) is 0.588. The first-order valence-corrected chi connectivity index (χ1v) is 10.4. The Morgan fingerprint density at radius 3 is 2.39 bits per heavy atom. The molecule has 0 fully saturated rings. The van der Waals surface area contributed by atoms with Crippen molar-refractivity contribution in [2.75, 3.05) is 27.2 Å². The first-order valence-electron chi connectivity index (χ1n) is 10.1. The molecule has 0 aromatic heterocycles. The second-order valence-corrected chi connectivity index (χ2v) is 7.59. The van der Waals surface area contributed by atoms with E-state index in [0.29, 0.717) is 22.8 Å². The third-order valence-electron chi connectivity index (χ3n) is 4.63. The number of nitrogens with zero attached hydrogens (tertiary/aromatic N) is 1. The number of ether oxygens (including phenoxy) is 1. The van der Waals surface area contributed by atoms with Gasteiger partial charge in [-0.3, -0.25) is 14.4 Å². The predicted molar refractivity (Wildman–Crippen MR) is 120 cm³/mol. The molecular weight excluding hydrogens is 418 g/mol. The van der Waals surface area contributed by atoms with Crippen LogP contribution >= 0.6 is 11.6 Å². The van der Waals surface area contributed by atoms with E-state index in [9.17, 15) is 14.4 Å². The number of carbonyl (C=O) groups is 3. The summed E-state index contributed by atoms with van der Waals surface area (Å²) in [5.74, 6) is -0.0487. The molecule has 0 bridgehead atoms. The number of hydrogen-bond donors (Lipinski definition) is 2. The van der Waals surface area contributed by atoms with Crippen LogP contribution in [0.5, 0.6) is 5.75 Å². The highest BCUT2D eigenvalue weighted by molar-refractivity contribution is 6.30. The SMILES string of the molecule is CCC(NC(=O)CCNC(=O)c1ccc(Cl)cc1)c1ccccc1OCC(=O)N(C)C. The summed E-state index contributed by atoms with van der Waals surface area (Å²) in [7, 11) is 3.33. The van der Waals surface area contributed by atoms with E-state index in [1.54, 1.807) is 44.4 Å². The topological polar surface area (TPSA) is 87.7 Å².